The summed E-state index contributed by atoms with van der Waals surface area (Å²) in [6, 6.07) is 14.4. The zero-order valence-electron chi connectivity index (χ0n) is 23.7. The fourth-order valence-electron chi connectivity index (χ4n) is 3.97. The third-order valence-corrected chi connectivity index (χ3v) is 6.48. The largest absolute Gasteiger partial charge is 0.489 e. The van der Waals surface area contributed by atoms with Crippen LogP contribution >= 0.6 is 11.6 Å². The Morgan fingerprint density at radius 3 is 2.60 bits per heavy atom. The average Bonchev–Trinajstić information content (AvgIpc) is 2.92. The van der Waals surface area contributed by atoms with Crippen LogP contribution in [-0.4, -0.2) is 67.8 Å². The number of hydrogen-bond donors (Lipinski definition) is 1. The van der Waals surface area contributed by atoms with Crippen molar-refractivity contribution in [2.75, 3.05) is 38.8 Å². The molecule has 2 aromatic carbocycles. The number of halogens is 1. The van der Waals surface area contributed by atoms with Crippen molar-refractivity contribution < 1.29 is 19.1 Å². The zero-order chi connectivity index (χ0) is 29.3. The van der Waals surface area contributed by atoms with Crippen molar-refractivity contribution in [3.8, 4) is 17.6 Å². The molecule has 0 saturated heterocycles. The van der Waals surface area contributed by atoms with E-state index in [0.717, 1.165) is 16.8 Å². The molecule has 0 radical (unpaired) electrons. The Balaban J connectivity index is 1.71. The van der Waals surface area contributed by atoms with Gasteiger partial charge in [-0.25, -0.2) is 0 Å². The summed E-state index contributed by atoms with van der Waals surface area (Å²) in [4.78, 5) is 32.9. The summed E-state index contributed by atoms with van der Waals surface area (Å²) in [7, 11) is 3.79. The van der Waals surface area contributed by atoms with Crippen LogP contribution in [0.2, 0.25) is 0 Å². The van der Waals surface area contributed by atoms with Gasteiger partial charge in [0.1, 0.15) is 42.2 Å². The molecule has 1 amide bonds. The number of nitrogens with zero attached hydrogens (tertiary/aromatic N) is 3. The predicted octanol–water partition coefficient (Wildman–Crippen LogP) is 4.15. The molecule has 1 aliphatic rings. The highest BCUT2D eigenvalue weighted by atomic mass is 35.5. The van der Waals surface area contributed by atoms with Crippen molar-refractivity contribution in [2.24, 2.45) is 10.7 Å². The SMILES string of the molecule is CN(C)c1ccc(C#CCOC(C)(C)C)cc1OC[C@@H](C=O)N1CCC(C(Cl)=NCc2ccccc2)=C(N)C1=O. The summed E-state index contributed by atoms with van der Waals surface area (Å²) in [5, 5.41) is 0.203. The highest BCUT2D eigenvalue weighted by molar-refractivity contribution is 6.69. The highest BCUT2D eigenvalue weighted by Gasteiger charge is 2.32. The van der Waals surface area contributed by atoms with Crippen LogP contribution in [0.3, 0.4) is 0 Å². The summed E-state index contributed by atoms with van der Waals surface area (Å²) in [6.07, 6.45) is 1.08. The number of nitrogens with two attached hydrogens (primary N) is 1. The molecule has 0 fully saturated rings. The first-order valence-electron chi connectivity index (χ1n) is 13.1. The maximum absolute atomic E-state index is 13.1. The molecule has 0 aliphatic carbocycles. The van der Waals surface area contributed by atoms with Gasteiger partial charge in [-0.05, 0) is 51.0 Å². The van der Waals surface area contributed by atoms with Crippen molar-refractivity contribution in [2.45, 2.75) is 45.4 Å². The van der Waals surface area contributed by atoms with Crippen molar-refractivity contribution >= 4 is 34.7 Å². The number of carbonyl (C=O) groups excluding carboxylic acids is 2. The number of aliphatic imine (C=N–C) groups is 1. The first-order chi connectivity index (χ1) is 19.0. The molecular formula is C31H37ClN4O4. The van der Waals surface area contributed by atoms with Crippen LogP contribution in [0.4, 0.5) is 5.69 Å². The highest BCUT2D eigenvalue weighted by Crippen LogP contribution is 2.29. The minimum atomic E-state index is -0.836. The molecule has 2 aromatic rings. The third kappa shape index (κ3) is 8.60. The lowest BCUT2D eigenvalue weighted by atomic mass is 10.0. The fraction of sp³-hybridized carbons (Fsp3) is 0.387. The van der Waals surface area contributed by atoms with E-state index >= 15 is 0 Å². The summed E-state index contributed by atoms with van der Waals surface area (Å²) < 4.78 is 11.7. The number of amides is 1. The number of benzene rings is 2. The maximum atomic E-state index is 13.1. The molecule has 0 aromatic heterocycles. The van der Waals surface area contributed by atoms with Crippen LogP contribution in [-0.2, 0) is 20.9 Å². The van der Waals surface area contributed by atoms with Gasteiger partial charge in [-0.1, -0.05) is 53.8 Å². The quantitative estimate of drug-likeness (QED) is 0.264. The smallest absolute Gasteiger partial charge is 0.270 e. The number of aldehydes is 1. The van der Waals surface area contributed by atoms with Gasteiger partial charge in [0.2, 0.25) is 0 Å². The molecular weight excluding hydrogens is 528 g/mol. The van der Waals surface area contributed by atoms with Crippen molar-refractivity contribution in [1.29, 1.82) is 0 Å². The van der Waals surface area contributed by atoms with Crippen LogP contribution in [0.5, 0.6) is 5.75 Å². The van der Waals surface area contributed by atoms with Crippen molar-refractivity contribution in [1.82, 2.24) is 4.90 Å². The number of rotatable bonds is 10. The van der Waals surface area contributed by atoms with Crippen LogP contribution < -0.4 is 15.4 Å². The second-order valence-corrected chi connectivity index (χ2v) is 10.9. The Morgan fingerprint density at radius 2 is 1.95 bits per heavy atom. The molecule has 1 atom stereocenters. The molecule has 9 heteroatoms. The number of hydrogen-bond acceptors (Lipinski definition) is 7. The normalized spacial score (nSPS) is 14.9. The van der Waals surface area contributed by atoms with Crippen LogP contribution in [0.25, 0.3) is 0 Å². The molecule has 0 saturated carbocycles. The Kier molecular flexibility index (Phi) is 10.8. The van der Waals surface area contributed by atoms with Crippen LogP contribution in [0, 0.1) is 11.8 Å². The predicted molar refractivity (Wildman–Crippen MR) is 160 cm³/mol. The Labute approximate surface area is 241 Å². The maximum Gasteiger partial charge on any atom is 0.270 e. The first kappa shape index (κ1) is 30.7. The van der Waals surface area contributed by atoms with Crippen molar-refractivity contribution in [3.63, 3.8) is 0 Å². The van der Waals surface area contributed by atoms with Gasteiger partial charge in [-0.2, -0.15) is 0 Å². The second-order valence-electron chi connectivity index (χ2n) is 10.5. The van der Waals surface area contributed by atoms with Crippen LogP contribution in [0.15, 0.2) is 64.8 Å². The monoisotopic (exact) mass is 564 g/mol. The summed E-state index contributed by atoms with van der Waals surface area (Å²) >= 11 is 6.43. The van der Waals surface area contributed by atoms with Gasteiger partial charge < -0.3 is 29.8 Å². The van der Waals surface area contributed by atoms with E-state index in [1.807, 2.05) is 88.3 Å². The molecule has 0 bridgehead atoms. The van der Waals surface area contributed by atoms with E-state index in [0.29, 0.717) is 37.2 Å². The van der Waals surface area contributed by atoms with Gasteiger partial charge in [0.25, 0.3) is 5.91 Å². The molecule has 8 nitrogen and oxygen atoms in total. The molecule has 0 spiro atoms. The van der Waals surface area contributed by atoms with E-state index in [-0.39, 0.29) is 29.6 Å². The molecule has 0 unspecified atom stereocenters. The van der Waals surface area contributed by atoms with E-state index in [9.17, 15) is 9.59 Å². The molecule has 212 valence electrons. The van der Waals surface area contributed by atoms with E-state index < -0.39 is 11.9 Å². The molecule has 1 heterocycles. The topological polar surface area (TPSA) is 97.5 Å². The molecule has 3 rings (SSSR count). The lowest BCUT2D eigenvalue weighted by Gasteiger charge is -2.32. The Bertz CT molecular complexity index is 1320. The van der Waals surface area contributed by atoms with E-state index in [1.54, 1.807) is 0 Å². The van der Waals surface area contributed by atoms with E-state index in [1.165, 1.54) is 4.90 Å². The van der Waals surface area contributed by atoms with Gasteiger partial charge in [-0.15, -0.1) is 0 Å². The van der Waals surface area contributed by atoms with Gasteiger partial charge in [0, 0.05) is 31.8 Å². The number of carbonyl (C=O) groups is 2. The first-order valence-corrected chi connectivity index (χ1v) is 13.4. The second kappa shape index (κ2) is 14.0. The summed E-state index contributed by atoms with van der Waals surface area (Å²) in [6.45, 7) is 6.82. The van der Waals surface area contributed by atoms with Crippen LogP contribution in [0.1, 0.15) is 38.3 Å². The standard InChI is InChI=1S/C31H37ClN4O4/c1-31(2,3)40-17-9-12-22-13-14-26(35(4)5)27(18-22)39-21-24(20-37)36-16-15-25(28(33)30(36)38)29(32)34-19-23-10-7-6-8-11-23/h6-8,10-11,13-14,18,20,24H,15-17,19,21,33H2,1-5H3/t24-/m1/s1. The third-order valence-electron chi connectivity index (χ3n) is 6.13. The average molecular weight is 565 g/mol. The summed E-state index contributed by atoms with van der Waals surface area (Å²) in [5.41, 5.74) is 8.94. The molecule has 40 heavy (non-hydrogen) atoms. The molecule has 2 N–H and O–H groups in total. The minimum Gasteiger partial charge on any atom is -0.489 e. The van der Waals surface area contributed by atoms with Gasteiger partial charge in [-0.3, -0.25) is 9.79 Å². The van der Waals surface area contributed by atoms with Gasteiger partial charge in [0.15, 0.2) is 0 Å². The number of anilines is 1. The van der Waals surface area contributed by atoms with Crippen molar-refractivity contribution in [3.05, 3.63) is 70.9 Å². The summed E-state index contributed by atoms with van der Waals surface area (Å²) in [5.74, 6) is 6.17. The fourth-order valence-corrected chi connectivity index (χ4v) is 4.22. The molecule has 1 aliphatic heterocycles. The minimum absolute atomic E-state index is 0.0105. The lowest BCUT2D eigenvalue weighted by Crippen LogP contribution is -2.49. The van der Waals surface area contributed by atoms with E-state index in [4.69, 9.17) is 26.8 Å². The van der Waals surface area contributed by atoms with E-state index in [2.05, 4.69) is 16.8 Å². The lowest BCUT2D eigenvalue weighted by molar-refractivity contribution is -0.134. The Morgan fingerprint density at radius 1 is 1.23 bits per heavy atom. The number of ether oxygens (including phenoxy) is 2. The zero-order valence-corrected chi connectivity index (χ0v) is 24.5. The van der Waals surface area contributed by atoms with Gasteiger partial charge >= 0.3 is 0 Å². The van der Waals surface area contributed by atoms with Gasteiger partial charge in [0.05, 0.1) is 17.8 Å². The Hall–Kier alpha value is -3.80.